The van der Waals surface area contributed by atoms with Crippen LogP contribution in [-0.4, -0.2) is 23.7 Å². The number of nitrogens with zero attached hydrogens (tertiary/aromatic N) is 1. The Kier molecular flexibility index (Phi) is 2.88. The Hall–Kier alpha value is -2.57. The van der Waals surface area contributed by atoms with Gasteiger partial charge in [0.25, 0.3) is 10.1 Å². The lowest BCUT2D eigenvalue weighted by molar-refractivity contribution is -0.114. The maximum absolute atomic E-state index is 11.5. The van der Waals surface area contributed by atoms with Gasteiger partial charge in [-0.2, -0.15) is 8.42 Å². The number of carbonyl (C=O) groups excluding carboxylic acids is 1. The Labute approximate surface area is 132 Å². The summed E-state index contributed by atoms with van der Waals surface area (Å²) in [6, 6.07) is 8.96. The van der Waals surface area contributed by atoms with Gasteiger partial charge in [-0.1, -0.05) is 18.2 Å². The molecule has 23 heavy (non-hydrogen) atoms. The van der Waals surface area contributed by atoms with Crippen LogP contribution in [0.5, 0.6) is 0 Å². The van der Waals surface area contributed by atoms with Crippen molar-refractivity contribution >= 4 is 43.7 Å². The second kappa shape index (κ2) is 4.71. The second-order valence-electron chi connectivity index (χ2n) is 5.53. The van der Waals surface area contributed by atoms with Crippen molar-refractivity contribution in [3.8, 4) is 0 Å². The zero-order chi connectivity index (χ0) is 16.2. The maximum Gasteiger partial charge on any atom is 0.296 e. The molecule has 0 saturated carbocycles. The summed E-state index contributed by atoms with van der Waals surface area (Å²) in [7, 11) is -4.31. The molecule has 1 heterocycles. The molecule has 0 bridgehead atoms. The molecule has 1 aromatic heterocycles. The molecular weight excluding hydrogens is 314 g/mol. The van der Waals surface area contributed by atoms with E-state index in [1.165, 1.54) is 6.07 Å². The standard InChI is InChI=1S/C17H11NO4S/c19-13-3-1-10-7-15-11(5-12(10)6-13)2-4-17-16(15)8-14(9-18-17)23(20,21)22/h1-5,7-9H,6H2,(H,20,21,22). The van der Waals surface area contributed by atoms with Gasteiger partial charge in [-0.3, -0.25) is 14.3 Å². The van der Waals surface area contributed by atoms with Gasteiger partial charge in [-0.25, -0.2) is 0 Å². The summed E-state index contributed by atoms with van der Waals surface area (Å²) < 4.78 is 31.9. The first-order chi connectivity index (χ1) is 10.9. The smallest absolute Gasteiger partial charge is 0.294 e. The van der Waals surface area contributed by atoms with E-state index in [1.807, 2.05) is 18.2 Å². The van der Waals surface area contributed by atoms with Crippen LogP contribution in [0.4, 0.5) is 0 Å². The molecule has 0 amide bonds. The summed E-state index contributed by atoms with van der Waals surface area (Å²) in [5, 5.41) is 2.37. The monoisotopic (exact) mass is 325 g/mol. The van der Waals surface area contributed by atoms with Crippen LogP contribution in [-0.2, 0) is 21.3 Å². The van der Waals surface area contributed by atoms with E-state index in [0.29, 0.717) is 17.3 Å². The Morgan fingerprint density at radius 3 is 2.65 bits per heavy atom. The molecule has 1 aliphatic carbocycles. The van der Waals surface area contributed by atoms with Crippen molar-refractivity contribution < 1.29 is 17.8 Å². The van der Waals surface area contributed by atoms with Crippen LogP contribution in [0, 0.1) is 0 Å². The van der Waals surface area contributed by atoms with Gasteiger partial charge in [-0.05, 0) is 46.2 Å². The van der Waals surface area contributed by atoms with Crippen LogP contribution in [0.1, 0.15) is 11.1 Å². The van der Waals surface area contributed by atoms with E-state index >= 15 is 0 Å². The number of pyridine rings is 1. The van der Waals surface area contributed by atoms with Gasteiger partial charge in [0.1, 0.15) is 4.90 Å². The van der Waals surface area contributed by atoms with E-state index in [2.05, 4.69) is 4.98 Å². The molecule has 1 aliphatic rings. The van der Waals surface area contributed by atoms with Gasteiger partial charge in [0.05, 0.1) is 5.52 Å². The van der Waals surface area contributed by atoms with Gasteiger partial charge in [0.15, 0.2) is 5.78 Å². The summed E-state index contributed by atoms with van der Waals surface area (Å²) in [6.45, 7) is 0. The number of hydrogen-bond donors (Lipinski definition) is 1. The zero-order valence-electron chi connectivity index (χ0n) is 11.9. The third-order valence-corrected chi connectivity index (χ3v) is 4.85. The molecule has 2 aromatic carbocycles. The fourth-order valence-electron chi connectivity index (χ4n) is 2.90. The third-order valence-electron chi connectivity index (χ3n) is 4.03. The number of hydrogen-bond acceptors (Lipinski definition) is 4. The largest absolute Gasteiger partial charge is 0.296 e. The molecule has 5 nitrogen and oxygen atoms in total. The minimum absolute atomic E-state index is 0.0629. The SMILES string of the molecule is O=C1C=Cc2cc3c(ccc4ncc(S(=O)(=O)O)cc43)cc2C1. The Bertz CT molecular complexity index is 1130. The molecule has 0 atom stereocenters. The fraction of sp³-hybridized carbons (Fsp3) is 0.0588. The lowest BCUT2D eigenvalue weighted by Crippen LogP contribution is -2.05. The molecule has 0 aliphatic heterocycles. The van der Waals surface area contributed by atoms with Crippen molar-refractivity contribution in [3.05, 3.63) is 53.7 Å². The van der Waals surface area contributed by atoms with E-state index < -0.39 is 10.1 Å². The summed E-state index contributed by atoms with van der Waals surface area (Å²) in [6.07, 6.45) is 4.81. The molecule has 1 N–H and O–H groups in total. The molecule has 6 heteroatoms. The highest BCUT2D eigenvalue weighted by Gasteiger charge is 2.15. The average molecular weight is 325 g/mol. The molecule has 0 spiro atoms. The summed E-state index contributed by atoms with van der Waals surface area (Å²) >= 11 is 0. The molecule has 0 radical (unpaired) electrons. The number of rotatable bonds is 1. The minimum Gasteiger partial charge on any atom is -0.294 e. The average Bonchev–Trinajstić information content (AvgIpc) is 2.51. The van der Waals surface area contributed by atoms with Crippen molar-refractivity contribution in [3.63, 3.8) is 0 Å². The zero-order valence-corrected chi connectivity index (χ0v) is 12.7. The summed E-state index contributed by atoms with van der Waals surface area (Å²) in [5.74, 6) is 0.0629. The number of ketones is 1. The van der Waals surface area contributed by atoms with E-state index in [1.54, 1.807) is 18.2 Å². The predicted octanol–water partition coefficient (Wildman–Crippen LogP) is 2.77. The number of aromatic nitrogens is 1. The number of allylic oxidation sites excluding steroid dienone is 1. The van der Waals surface area contributed by atoms with Crippen LogP contribution < -0.4 is 0 Å². The second-order valence-corrected chi connectivity index (χ2v) is 6.95. The highest BCUT2D eigenvalue weighted by molar-refractivity contribution is 7.85. The third kappa shape index (κ3) is 2.32. The van der Waals surface area contributed by atoms with Crippen LogP contribution in [0.2, 0.25) is 0 Å². The molecule has 0 unspecified atom stereocenters. The lowest BCUT2D eigenvalue weighted by atomic mass is 9.92. The molecule has 114 valence electrons. The van der Waals surface area contributed by atoms with Gasteiger partial charge in [0.2, 0.25) is 0 Å². The van der Waals surface area contributed by atoms with Gasteiger partial charge < -0.3 is 0 Å². The van der Waals surface area contributed by atoms with Crippen LogP contribution in [0.15, 0.2) is 47.5 Å². The topological polar surface area (TPSA) is 84.3 Å². The summed E-state index contributed by atoms with van der Waals surface area (Å²) in [5.41, 5.74) is 2.52. The number of benzene rings is 2. The normalized spacial score (nSPS) is 14.4. The van der Waals surface area contributed by atoms with E-state index in [-0.39, 0.29) is 10.7 Å². The Morgan fingerprint density at radius 1 is 1.04 bits per heavy atom. The first-order valence-corrected chi connectivity index (χ1v) is 8.40. The summed E-state index contributed by atoms with van der Waals surface area (Å²) in [4.78, 5) is 15.4. The molecule has 0 saturated heterocycles. The van der Waals surface area contributed by atoms with Crippen LogP contribution >= 0.6 is 0 Å². The Morgan fingerprint density at radius 2 is 1.87 bits per heavy atom. The lowest BCUT2D eigenvalue weighted by Gasteiger charge is -2.12. The predicted molar refractivity (Wildman–Crippen MR) is 86.8 cm³/mol. The fourth-order valence-corrected chi connectivity index (χ4v) is 3.36. The van der Waals surface area contributed by atoms with Crippen molar-refractivity contribution in [2.75, 3.05) is 0 Å². The maximum atomic E-state index is 11.5. The first-order valence-electron chi connectivity index (χ1n) is 6.96. The molecule has 3 aromatic rings. The number of fused-ring (bicyclic) bond motifs is 4. The van der Waals surface area contributed by atoms with E-state index in [0.717, 1.165) is 28.1 Å². The molecule has 4 rings (SSSR count). The Balaban J connectivity index is 2.08. The number of carbonyl (C=O) groups is 1. The highest BCUT2D eigenvalue weighted by Crippen LogP contribution is 2.30. The molecular formula is C17H11NO4S. The highest BCUT2D eigenvalue weighted by atomic mass is 32.2. The van der Waals surface area contributed by atoms with Crippen molar-refractivity contribution in [1.82, 2.24) is 4.98 Å². The minimum atomic E-state index is -4.31. The van der Waals surface area contributed by atoms with Crippen molar-refractivity contribution in [2.24, 2.45) is 0 Å². The van der Waals surface area contributed by atoms with Gasteiger partial charge >= 0.3 is 0 Å². The van der Waals surface area contributed by atoms with Crippen molar-refractivity contribution in [1.29, 1.82) is 0 Å². The quantitative estimate of drug-likeness (QED) is 0.549. The van der Waals surface area contributed by atoms with E-state index in [4.69, 9.17) is 0 Å². The van der Waals surface area contributed by atoms with Crippen LogP contribution in [0.3, 0.4) is 0 Å². The van der Waals surface area contributed by atoms with Gasteiger partial charge in [0, 0.05) is 18.0 Å². The van der Waals surface area contributed by atoms with E-state index in [9.17, 15) is 17.8 Å². The van der Waals surface area contributed by atoms with Gasteiger partial charge in [-0.15, -0.1) is 0 Å². The van der Waals surface area contributed by atoms with Crippen molar-refractivity contribution in [2.45, 2.75) is 11.3 Å². The first kappa shape index (κ1) is 14.0. The van der Waals surface area contributed by atoms with Crippen LogP contribution in [0.25, 0.3) is 27.8 Å². The molecule has 0 fully saturated rings.